The summed E-state index contributed by atoms with van der Waals surface area (Å²) in [5.74, 6) is 2.45. The van der Waals surface area contributed by atoms with Crippen LogP contribution in [0.2, 0.25) is 0 Å². The Balaban J connectivity index is 2.12. The number of ketones is 1. The van der Waals surface area contributed by atoms with Gasteiger partial charge in [-0.3, -0.25) is 9.78 Å². The Kier molecular flexibility index (Phi) is 3.64. The fourth-order valence-corrected chi connectivity index (χ4v) is 4.01. The van der Waals surface area contributed by atoms with Gasteiger partial charge in [0, 0.05) is 29.0 Å². The smallest absolute Gasteiger partial charge is 0.178 e. The van der Waals surface area contributed by atoms with Gasteiger partial charge in [0.2, 0.25) is 0 Å². The van der Waals surface area contributed by atoms with Crippen molar-refractivity contribution in [2.24, 2.45) is 0 Å². The minimum Gasteiger partial charge on any atom is -0.293 e. The number of Topliss-reactive ketones (excluding diaryl/α,β-unsaturated/α-hetero) is 1. The Morgan fingerprint density at radius 1 is 1.47 bits per heavy atom. The van der Waals surface area contributed by atoms with Gasteiger partial charge in [-0.05, 0) is 6.07 Å². The van der Waals surface area contributed by atoms with Gasteiger partial charge >= 0.3 is 0 Å². The van der Waals surface area contributed by atoms with E-state index in [2.05, 4.69) is 4.98 Å². The Morgan fingerprint density at radius 3 is 3.00 bits per heavy atom. The fourth-order valence-electron chi connectivity index (χ4n) is 1.37. The quantitative estimate of drug-likeness (QED) is 0.745. The molecule has 1 aromatic rings. The summed E-state index contributed by atoms with van der Waals surface area (Å²) in [5.41, 5.74) is 0.384. The van der Waals surface area contributed by atoms with Crippen LogP contribution in [0.3, 0.4) is 0 Å². The van der Waals surface area contributed by atoms with Crippen molar-refractivity contribution in [1.29, 1.82) is 0 Å². The molecule has 0 aliphatic carbocycles. The molecular weight excluding hydrogens is 233 g/mol. The third kappa shape index (κ3) is 2.72. The maximum absolute atomic E-state index is 12.9. The van der Waals surface area contributed by atoms with E-state index in [-0.39, 0.29) is 11.0 Å². The summed E-state index contributed by atoms with van der Waals surface area (Å²) in [6.45, 7) is 0. The molecule has 80 valence electrons. The third-order valence-corrected chi connectivity index (χ3v) is 4.85. The molecule has 15 heavy (non-hydrogen) atoms. The number of pyridine rings is 1. The largest absolute Gasteiger partial charge is 0.293 e. The first-order valence-electron chi connectivity index (χ1n) is 4.61. The molecule has 0 aromatic carbocycles. The molecule has 0 saturated carbocycles. The van der Waals surface area contributed by atoms with E-state index >= 15 is 0 Å². The Labute approximate surface area is 96.0 Å². The van der Waals surface area contributed by atoms with Crippen molar-refractivity contribution in [2.45, 2.75) is 5.25 Å². The van der Waals surface area contributed by atoms with Gasteiger partial charge in [0.05, 0.1) is 11.4 Å². The van der Waals surface area contributed by atoms with Gasteiger partial charge < -0.3 is 0 Å². The fraction of sp³-hybridized carbons (Fsp3) is 0.400. The van der Waals surface area contributed by atoms with Gasteiger partial charge in [-0.2, -0.15) is 11.8 Å². The van der Waals surface area contributed by atoms with Crippen molar-refractivity contribution in [3.05, 3.63) is 29.8 Å². The Hall–Kier alpha value is -0.550. The molecule has 2 heterocycles. The highest BCUT2D eigenvalue weighted by molar-refractivity contribution is 8.07. The number of nitrogens with zero attached hydrogens (tertiary/aromatic N) is 1. The van der Waals surface area contributed by atoms with Crippen molar-refractivity contribution in [3.63, 3.8) is 0 Å². The summed E-state index contributed by atoms with van der Waals surface area (Å²) in [7, 11) is 0. The molecule has 1 unspecified atom stereocenters. The highest BCUT2D eigenvalue weighted by Crippen LogP contribution is 2.26. The highest BCUT2D eigenvalue weighted by Gasteiger charge is 2.23. The van der Waals surface area contributed by atoms with E-state index in [0.717, 1.165) is 23.5 Å². The number of carbonyl (C=O) groups is 1. The predicted octanol–water partition coefficient (Wildman–Crippen LogP) is 2.25. The summed E-state index contributed by atoms with van der Waals surface area (Å²) in [6.07, 6.45) is 2.55. The molecule has 2 rings (SSSR count). The van der Waals surface area contributed by atoms with E-state index in [1.54, 1.807) is 23.5 Å². The molecule has 1 aromatic heterocycles. The SMILES string of the molecule is O=C(c1cncc(F)c1)C1CSCCS1. The lowest BCUT2D eigenvalue weighted by molar-refractivity contribution is 0.0994. The number of carbonyl (C=O) groups excluding carboxylic acids is 1. The second-order valence-electron chi connectivity index (χ2n) is 3.19. The van der Waals surface area contributed by atoms with Crippen LogP contribution in [0.5, 0.6) is 0 Å². The maximum atomic E-state index is 12.9. The number of hydrogen-bond acceptors (Lipinski definition) is 4. The normalized spacial score (nSPS) is 21.3. The van der Waals surface area contributed by atoms with Crippen molar-refractivity contribution in [3.8, 4) is 0 Å². The number of rotatable bonds is 2. The van der Waals surface area contributed by atoms with E-state index in [9.17, 15) is 9.18 Å². The lowest BCUT2D eigenvalue weighted by atomic mass is 10.1. The minimum atomic E-state index is -0.450. The standard InChI is InChI=1S/C10H10FNOS2/c11-8-3-7(4-12-5-8)10(13)9-6-14-1-2-15-9/h3-5,9H,1-2,6H2. The zero-order chi connectivity index (χ0) is 10.7. The zero-order valence-electron chi connectivity index (χ0n) is 7.98. The van der Waals surface area contributed by atoms with E-state index in [0.29, 0.717) is 5.56 Å². The van der Waals surface area contributed by atoms with Gasteiger partial charge in [-0.25, -0.2) is 4.39 Å². The van der Waals surface area contributed by atoms with E-state index in [1.807, 2.05) is 0 Å². The van der Waals surface area contributed by atoms with Crippen LogP contribution in [0, 0.1) is 5.82 Å². The molecule has 0 spiro atoms. The van der Waals surface area contributed by atoms with Gasteiger partial charge in [-0.1, -0.05) is 0 Å². The molecule has 1 saturated heterocycles. The van der Waals surface area contributed by atoms with Crippen LogP contribution in [0.4, 0.5) is 4.39 Å². The van der Waals surface area contributed by atoms with Crippen LogP contribution in [0.1, 0.15) is 10.4 Å². The van der Waals surface area contributed by atoms with E-state index < -0.39 is 5.82 Å². The summed E-state index contributed by atoms with van der Waals surface area (Å²) in [5, 5.41) is -0.0349. The van der Waals surface area contributed by atoms with Crippen molar-refractivity contribution in [1.82, 2.24) is 4.98 Å². The third-order valence-electron chi connectivity index (χ3n) is 2.10. The molecule has 1 aliphatic heterocycles. The second kappa shape index (κ2) is 4.99. The van der Waals surface area contributed by atoms with E-state index in [4.69, 9.17) is 0 Å². The Bertz CT molecular complexity index is 366. The second-order valence-corrected chi connectivity index (χ2v) is 5.65. The molecule has 0 bridgehead atoms. The highest BCUT2D eigenvalue weighted by atomic mass is 32.2. The first-order chi connectivity index (χ1) is 7.27. The molecule has 0 N–H and O–H groups in total. The maximum Gasteiger partial charge on any atom is 0.178 e. The molecule has 0 amide bonds. The molecule has 1 fully saturated rings. The number of aromatic nitrogens is 1. The zero-order valence-corrected chi connectivity index (χ0v) is 9.61. The van der Waals surface area contributed by atoms with Crippen LogP contribution in [-0.2, 0) is 0 Å². The molecule has 1 atom stereocenters. The average Bonchev–Trinajstić information content (AvgIpc) is 2.29. The topological polar surface area (TPSA) is 30.0 Å². The summed E-state index contributed by atoms with van der Waals surface area (Å²) >= 11 is 3.43. The number of halogens is 1. The first kappa shape index (κ1) is 11.0. The summed E-state index contributed by atoms with van der Waals surface area (Å²) in [4.78, 5) is 15.6. The molecular formula is C10H10FNOS2. The lowest BCUT2D eigenvalue weighted by Gasteiger charge is -2.19. The van der Waals surface area contributed by atoms with Gasteiger partial charge in [0.15, 0.2) is 5.78 Å². The lowest BCUT2D eigenvalue weighted by Crippen LogP contribution is -2.24. The van der Waals surface area contributed by atoms with Crippen LogP contribution in [0.25, 0.3) is 0 Å². The van der Waals surface area contributed by atoms with Crippen LogP contribution in [-0.4, -0.2) is 33.3 Å². The van der Waals surface area contributed by atoms with E-state index in [1.165, 1.54) is 12.3 Å². The summed E-state index contributed by atoms with van der Waals surface area (Å²) < 4.78 is 12.9. The van der Waals surface area contributed by atoms with Gasteiger partial charge in [0.1, 0.15) is 5.82 Å². The number of thioether (sulfide) groups is 2. The monoisotopic (exact) mass is 243 g/mol. The molecule has 1 aliphatic rings. The predicted molar refractivity (Wildman–Crippen MR) is 62.1 cm³/mol. The van der Waals surface area contributed by atoms with Gasteiger partial charge in [-0.15, -0.1) is 11.8 Å². The number of hydrogen-bond donors (Lipinski definition) is 0. The summed E-state index contributed by atoms with van der Waals surface area (Å²) in [6, 6.07) is 1.26. The minimum absolute atomic E-state index is 0.000741. The van der Waals surface area contributed by atoms with Crippen LogP contribution >= 0.6 is 23.5 Å². The van der Waals surface area contributed by atoms with Crippen molar-refractivity contribution < 1.29 is 9.18 Å². The molecule has 5 heteroatoms. The van der Waals surface area contributed by atoms with Crippen molar-refractivity contribution >= 4 is 29.3 Å². The Morgan fingerprint density at radius 2 is 2.33 bits per heavy atom. The molecule has 0 radical (unpaired) electrons. The average molecular weight is 243 g/mol. The molecule has 2 nitrogen and oxygen atoms in total. The van der Waals surface area contributed by atoms with Crippen molar-refractivity contribution in [2.75, 3.05) is 17.3 Å². The van der Waals surface area contributed by atoms with Crippen LogP contribution in [0.15, 0.2) is 18.5 Å². The first-order valence-corrected chi connectivity index (χ1v) is 6.82. The van der Waals surface area contributed by atoms with Gasteiger partial charge in [0.25, 0.3) is 0 Å². The van der Waals surface area contributed by atoms with Crippen LogP contribution < -0.4 is 0 Å².